The lowest BCUT2D eigenvalue weighted by atomic mass is 10.0. The first-order chi connectivity index (χ1) is 16.1. The van der Waals surface area contributed by atoms with Crippen molar-refractivity contribution < 1.29 is 4.39 Å². The SMILES string of the molecule is CN(C)c1cncc(-c2cc3c(-c4nc5c(-c6ccsc6)nccc5[nH]4)n[nH]c3cc2F)c1. The predicted octanol–water partition coefficient (Wildman–Crippen LogP) is 5.50. The molecule has 0 saturated heterocycles. The molecule has 0 spiro atoms. The number of benzene rings is 1. The van der Waals surface area contributed by atoms with Crippen molar-refractivity contribution in [2.75, 3.05) is 19.0 Å². The zero-order valence-corrected chi connectivity index (χ0v) is 18.6. The third-order valence-corrected chi connectivity index (χ3v) is 6.30. The number of halogens is 1. The molecule has 6 aromatic rings. The van der Waals surface area contributed by atoms with Gasteiger partial charge in [-0.3, -0.25) is 15.1 Å². The molecule has 1 aromatic carbocycles. The van der Waals surface area contributed by atoms with Crippen molar-refractivity contribution in [1.29, 1.82) is 0 Å². The van der Waals surface area contributed by atoms with Crippen LogP contribution < -0.4 is 4.90 Å². The van der Waals surface area contributed by atoms with E-state index in [4.69, 9.17) is 4.98 Å². The number of H-pyrrole nitrogens is 2. The van der Waals surface area contributed by atoms with Crippen LogP contribution in [0.1, 0.15) is 0 Å². The lowest BCUT2D eigenvalue weighted by molar-refractivity contribution is 0.632. The second-order valence-corrected chi connectivity index (χ2v) is 8.71. The molecule has 2 N–H and O–H groups in total. The fourth-order valence-electron chi connectivity index (χ4n) is 3.92. The predicted molar refractivity (Wildman–Crippen MR) is 130 cm³/mol. The second-order valence-electron chi connectivity index (χ2n) is 7.93. The summed E-state index contributed by atoms with van der Waals surface area (Å²) in [6.07, 6.45) is 5.17. The number of thiophene rings is 1. The zero-order valence-electron chi connectivity index (χ0n) is 17.8. The molecule has 7 nitrogen and oxygen atoms in total. The summed E-state index contributed by atoms with van der Waals surface area (Å²) in [5, 5.41) is 12.2. The summed E-state index contributed by atoms with van der Waals surface area (Å²) >= 11 is 1.61. The fraction of sp³-hybridized carbons (Fsp3) is 0.0833. The number of anilines is 1. The monoisotopic (exact) mass is 455 g/mol. The topological polar surface area (TPSA) is 86.4 Å². The number of nitrogens with zero attached hydrogens (tertiary/aromatic N) is 5. The molecule has 0 amide bonds. The molecule has 33 heavy (non-hydrogen) atoms. The maximum atomic E-state index is 15.0. The Hall–Kier alpha value is -4.11. The van der Waals surface area contributed by atoms with E-state index in [1.807, 2.05) is 48.0 Å². The molecule has 0 bridgehead atoms. The molecule has 0 atom stereocenters. The number of imidazole rings is 1. The zero-order chi connectivity index (χ0) is 22.5. The van der Waals surface area contributed by atoms with Gasteiger partial charge < -0.3 is 9.88 Å². The molecule has 5 aromatic heterocycles. The van der Waals surface area contributed by atoms with Crippen LogP contribution in [0.25, 0.3) is 55.8 Å². The van der Waals surface area contributed by atoms with Gasteiger partial charge in [-0.1, -0.05) is 0 Å². The van der Waals surface area contributed by atoms with Crippen LogP contribution >= 0.6 is 11.3 Å². The maximum Gasteiger partial charge on any atom is 0.159 e. The fourth-order valence-corrected chi connectivity index (χ4v) is 4.56. The molecule has 9 heteroatoms. The molecule has 0 radical (unpaired) electrons. The van der Waals surface area contributed by atoms with Gasteiger partial charge in [0.15, 0.2) is 5.82 Å². The molecule has 0 aliphatic carbocycles. The van der Waals surface area contributed by atoms with E-state index in [0.717, 1.165) is 33.4 Å². The van der Waals surface area contributed by atoms with Crippen molar-refractivity contribution in [2.24, 2.45) is 0 Å². The summed E-state index contributed by atoms with van der Waals surface area (Å²) in [6, 6.07) is 9.09. The summed E-state index contributed by atoms with van der Waals surface area (Å²) in [6.45, 7) is 0. The third kappa shape index (κ3) is 3.25. The van der Waals surface area contributed by atoms with Crippen LogP contribution in [-0.2, 0) is 0 Å². The van der Waals surface area contributed by atoms with Gasteiger partial charge in [-0.25, -0.2) is 9.37 Å². The first-order valence-electron chi connectivity index (χ1n) is 10.3. The number of pyridine rings is 2. The summed E-state index contributed by atoms with van der Waals surface area (Å²) in [7, 11) is 3.85. The molecular formula is C24H18FN7S. The maximum absolute atomic E-state index is 15.0. The van der Waals surface area contributed by atoms with Crippen molar-refractivity contribution >= 4 is 39.0 Å². The normalized spacial score (nSPS) is 11.5. The van der Waals surface area contributed by atoms with Crippen molar-refractivity contribution in [1.82, 2.24) is 30.1 Å². The molecule has 162 valence electrons. The smallest absolute Gasteiger partial charge is 0.159 e. The summed E-state index contributed by atoms with van der Waals surface area (Å²) in [4.78, 5) is 18.9. The number of rotatable bonds is 4. The Morgan fingerprint density at radius 3 is 2.73 bits per heavy atom. The standard InChI is InChI=1S/C24H18FN7S/c1-32(2)15-7-14(10-26-11-15)16-8-17-20(9-18(16)25)30-31-22(17)24-28-19-3-5-27-21(23(19)29-24)13-4-6-33-12-13/h3-12H,1-2H3,(H,28,29)(H,30,31). The lowest BCUT2D eigenvalue weighted by Crippen LogP contribution is -2.08. The number of hydrogen-bond acceptors (Lipinski definition) is 6. The van der Waals surface area contributed by atoms with Crippen LogP contribution in [0.2, 0.25) is 0 Å². The van der Waals surface area contributed by atoms with Gasteiger partial charge in [0.05, 0.1) is 28.6 Å². The molecule has 0 aliphatic rings. The van der Waals surface area contributed by atoms with Crippen LogP contribution in [0.5, 0.6) is 0 Å². The van der Waals surface area contributed by atoms with Gasteiger partial charge in [-0.05, 0) is 29.6 Å². The van der Waals surface area contributed by atoms with Gasteiger partial charge in [-0.15, -0.1) is 0 Å². The van der Waals surface area contributed by atoms with Crippen molar-refractivity contribution in [2.45, 2.75) is 0 Å². The second kappa shape index (κ2) is 7.49. The van der Waals surface area contributed by atoms with Gasteiger partial charge in [0.1, 0.15) is 17.0 Å². The van der Waals surface area contributed by atoms with Crippen LogP contribution in [0.3, 0.4) is 0 Å². The van der Waals surface area contributed by atoms with Crippen molar-refractivity contribution in [3.63, 3.8) is 0 Å². The molecule has 5 heterocycles. The minimum absolute atomic E-state index is 0.344. The number of fused-ring (bicyclic) bond motifs is 2. The first-order valence-corrected chi connectivity index (χ1v) is 11.2. The van der Waals surface area contributed by atoms with Crippen LogP contribution in [-0.4, -0.2) is 44.2 Å². The highest BCUT2D eigenvalue weighted by Crippen LogP contribution is 2.34. The van der Waals surface area contributed by atoms with Crippen molar-refractivity contribution in [3.8, 4) is 33.9 Å². The molecule has 0 saturated carbocycles. The molecular weight excluding hydrogens is 437 g/mol. The number of nitrogens with one attached hydrogen (secondary N) is 2. The van der Waals surface area contributed by atoms with Gasteiger partial charge >= 0.3 is 0 Å². The number of aromatic amines is 2. The van der Waals surface area contributed by atoms with E-state index in [0.29, 0.717) is 28.2 Å². The van der Waals surface area contributed by atoms with E-state index >= 15 is 4.39 Å². The largest absolute Gasteiger partial charge is 0.376 e. The van der Waals surface area contributed by atoms with Gasteiger partial charge in [0, 0.05) is 60.0 Å². The van der Waals surface area contributed by atoms with Gasteiger partial charge in [0.25, 0.3) is 0 Å². The van der Waals surface area contributed by atoms with Crippen LogP contribution in [0.4, 0.5) is 10.1 Å². The molecule has 6 rings (SSSR count). The number of hydrogen-bond donors (Lipinski definition) is 2. The average molecular weight is 456 g/mol. The van der Waals surface area contributed by atoms with Gasteiger partial charge in [0.2, 0.25) is 0 Å². The summed E-state index contributed by atoms with van der Waals surface area (Å²) in [5.74, 6) is 0.252. The third-order valence-electron chi connectivity index (χ3n) is 5.62. The molecule has 0 fully saturated rings. The van der Waals surface area contributed by atoms with E-state index in [9.17, 15) is 0 Å². The van der Waals surface area contributed by atoms with Crippen LogP contribution in [0, 0.1) is 5.82 Å². The Bertz CT molecular complexity index is 1620. The Morgan fingerprint density at radius 1 is 1.00 bits per heavy atom. The van der Waals surface area contributed by atoms with E-state index in [1.165, 1.54) is 6.07 Å². The highest BCUT2D eigenvalue weighted by molar-refractivity contribution is 7.08. The molecule has 0 unspecified atom stereocenters. The first kappa shape index (κ1) is 19.6. The van der Waals surface area contributed by atoms with Crippen molar-refractivity contribution in [3.05, 3.63) is 65.5 Å². The summed E-state index contributed by atoms with van der Waals surface area (Å²) < 4.78 is 15.0. The molecule has 0 aliphatic heterocycles. The quantitative estimate of drug-likeness (QED) is 0.367. The summed E-state index contributed by atoms with van der Waals surface area (Å²) in [5.41, 5.74) is 6.73. The highest BCUT2D eigenvalue weighted by atomic mass is 32.1. The highest BCUT2D eigenvalue weighted by Gasteiger charge is 2.18. The Balaban J connectivity index is 1.52. The van der Waals surface area contributed by atoms with E-state index in [1.54, 1.807) is 36.0 Å². The Kier molecular flexibility index (Phi) is 4.44. The Labute approximate surface area is 192 Å². The number of aromatic nitrogens is 6. The average Bonchev–Trinajstić information content (AvgIpc) is 3.57. The lowest BCUT2D eigenvalue weighted by Gasteiger charge is -2.13. The minimum atomic E-state index is -0.344. The van der Waals surface area contributed by atoms with Gasteiger partial charge in [-0.2, -0.15) is 16.4 Å². The van der Waals surface area contributed by atoms with Crippen LogP contribution in [0.15, 0.2) is 59.7 Å². The van der Waals surface area contributed by atoms with E-state index < -0.39 is 0 Å². The van der Waals surface area contributed by atoms with E-state index in [2.05, 4.69) is 25.1 Å². The minimum Gasteiger partial charge on any atom is -0.376 e. The Morgan fingerprint density at radius 2 is 1.91 bits per heavy atom. The van der Waals surface area contributed by atoms with E-state index in [-0.39, 0.29) is 5.82 Å².